The molecule has 0 bridgehead atoms. The van der Waals surface area contributed by atoms with Gasteiger partial charge in [-0.25, -0.2) is 4.98 Å². The Morgan fingerprint density at radius 1 is 0.568 bits per heavy atom. The van der Waals surface area contributed by atoms with Crippen LogP contribution in [0.5, 0.6) is 5.75 Å². The van der Waals surface area contributed by atoms with Crippen molar-refractivity contribution >= 4 is 31.6 Å². The molecular formula is C28H19N3O6. The monoisotopic (exact) mass is 493 g/mol. The molecule has 4 aromatic rings. The van der Waals surface area contributed by atoms with Gasteiger partial charge in [0.15, 0.2) is 0 Å². The van der Waals surface area contributed by atoms with Crippen LogP contribution in [0.25, 0.3) is 46.1 Å². The summed E-state index contributed by atoms with van der Waals surface area (Å²) >= 11 is 0. The Labute approximate surface area is 211 Å². The van der Waals surface area contributed by atoms with E-state index in [1.807, 2.05) is 36.4 Å². The number of hydrogen-bond acceptors (Lipinski definition) is 9. The SMILES string of the molecule is O=CO/C=C/c1ccnc(-c2cc(-c3ccc(OC=O)cc3)cc(-c3cc(/C=C/OC=O)ccn3)n2)c1. The minimum atomic E-state index is 0.336. The number of carbonyl (C=O) groups excluding carboxylic acids is 3. The fraction of sp³-hybridized carbons (Fsp3) is 0. The summed E-state index contributed by atoms with van der Waals surface area (Å²) in [6, 6.07) is 18.0. The van der Waals surface area contributed by atoms with Gasteiger partial charge in [-0.3, -0.25) is 24.4 Å². The van der Waals surface area contributed by atoms with Gasteiger partial charge in [-0.05, 0) is 82.9 Å². The predicted molar refractivity (Wildman–Crippen MR) is 135 cm³/mol. The van der Waals surface area contributed by atoms with Crippen LogP contribution in [0.2, 0.25) is 0 Å². The second kappa shape index (κ2) is 12.3. The number of aromatic nitrogens is 3. The molecule has 0 aliphatic carbocycles. The summed E-state index contributed by atoms with van der Waals surface area (Å²) in [5.74, 6) is 0.422. The van der Waals surface area contributed by atoms with Crippen LogP contribution in [0.3, 0.4) is 0 Å². The van der Waals surface area contributed by atoms with Crippen molar-refractivity contribution in [3.63, 3.8) is 0 Å². The maximum Gasteiger partial charge on any atom is 0.298 e. The van der Waals surface area contributed by atoms with E-state index in [9.17, 15) is 14.4 Å². The Hall–Kier alpha value is -5.44. The van der Waals surface area contributed by atoms with Gasteiger partial charge in [0.1, 0.15) is 5.75 Å². The third-order valence-electron chi connectivity index (χ3n) is 5.08. The normalized spacial score (nSPS) is 10.8. The number of nitrogens with zero attached hydrogens (tertiary/aromatic N) is 3. The molecule has 0 amide bonds. The first-order valence-electron chi connectivity index (χ1n) is 10.9. The zero-order chi connectivity index (χ0) is 25.9. The van der Waals surface area contributed by atoms with E-state index in [4.69, 9.17) is 9.72 Å². The van der Waals surface area contributed by atoms with Crippen molar-refractivity contribution in [1.29, 1.82) is 0 Å². The summed E-state index contributed by atoms with van der Waals surface area (Å²) in [5.41, 5.74) is 5.55. The summed E-state index contributed by atoms with van der Waals surface area (Å²) in [6.07, 6.45) is 9.09. The summed E-state index contributed by atoms with van der Waals surface area (Å²) in [6.45, 7) is 1.05. The topological polar surface area (TPSA) is 118 Å². The highest BCUT2D eigenvalue weighted by Gasteiger charge is 2.12. The van der Waals surface area contributed by atoms with Crippen molar-refractivity contribution in [3.05, 3.63) is 96.7 Å². The third kappa shape index (κ3) is 6.58. The lowest BCUT2D eigenvalue weighted by Crippen LogP contribution is -1.95. The highest BCUT2D eigenvalue weighted by atomic mass is 16.5. The predicted octanol–water partition coefficient (Wildman–Crippen LogP) is 4.70. The average Bonchev–Trinajstić information content (AvgIpc) is 2.94. The lowest BCUT2D eigenvalue weighted by Gasteiger charge is -2.10. The van der Waals surface area contributed by atoms with Crippen molar-refractivity contribution in [3.8, 4) is 39.7 Å². The lowest BCUT2D eigenvalue weighted by molar-refractivity contribution is -0.124. The molecule has 0 saturated carbocycles. The Balaban J connectivity index is 1.81. The summed E-state index contributed by atoms with van der Waals surface area (Å²) in [5, 5.41) is 0. The van der Waals surface area contributed by atoms with Crippen LogP contribution >= 0.6 is 0 Å². The molecule has 0 atom stereocenters. The van der Waals surface area contributed by atoms with Crippen LogP contribution in [0.1, 0.15) is 11.1 Å². The van der Waals surface area contributed by atoms with Gasteiger partial charge in [0.05, 0.1) is 35.3 Å². The molecule has 0 unspecified atom stereocenters. The molecular weight excluding hydrogens is 474 g/mol. The van der Waals surface area contributed by atoms with E-state index < -0.39 is 0 Å². The molecule has 0 spiro atoms. The third-order valence-corrected chi connectivity index (χ3v) is 5.08. The van der Waals surface area contributed by atoms with E-state index in [2.05, 4.69) is 19.4 Å². The van der Waals surface area contributed by atoms with Crippen molar-refractivity contribution in [2.75, 3.05) is 0 Å². The quantitative estimate of drug-likeness (QED) is 0.216. The number of carbonyl (C=O) groups is 3. The van der Waals surface area contributed by atoms with Crippen molar-refractivity contribution in [2.24, 2.45) is 0 Å². The Morgan fingerprint density at radius 2 is 1.11 bits per heavy atom. The standard InChI is InChI=1S/C28H19N3O6/c32-17-35-11-7-20-5-9-29-25(13-20)27-15-23(22-1-3-24(4-2-22)37-19-34)16-28(31-27)26-14-21(6-10-30-26)8-12-36-18-33/h1-19H/b11-7+,12-8+. The van der Waals surface area contributed by atoms with Crippen LogP contribution in [0.4, 0.5) is 0 Å². The maximum atomic E-state index is 10.6. The summed E-state index contributed by atoms with van der Waals surface area (Å²) in [7, 11) is 0. The second-order valence-corrected chi connectivity index (χ2v) is 7.38. The fourth-order valence-corrected chi connectivity index (χ4v) is 3.42. The molecule has 4 rings (SSSR count). The van der Waals surface area contributed by atoms with Gasteiger partial charge in [0.25, 0.3) is 19.4 Å². The highest BCUT2D eigenvalue weighted by molar-refractivity contribution is 5.76. The summed E-state index contributed by atoms with van der Waals surface area (Å²) < 4.78 is 14.2. The number of hydrogen-bond donors (Lipinski definition) is 0. The average molecular weight is 493 g/mol. The molecule has 0 N–H and O–H groups in total. The molecule has 0 saturated heterocycles. The van der Waals surface area contributed by atoms with Gasteiger partial charge in [0.2, 0.25) is 0 Å². The molecule has 182 valence electrons. The molecule has 1 aromatic carbocycles. The van der Waals surface area contributed by atoms with Crippen molar-refractivity contribution in [1.82, 2.24) is 15.0 Å². The van der Waals surface area contributed by atoms with Gasteiger partial charge in [-0.15, -0.1) is 0 Å². The van der Waals surface area contributed by atoms with Gasteiger partial charge >= 0.3 is 0 Å². The van der Waals surface area contributed by atoms with E-state index in [1.54, 1.807) is 48.8 Å². The van der Waals surface area contributed by atoms with Crippen LogP contribution in [-0.2, 0) is 23.9 Å². The largest absolute Gasteiger partial charge is 0.437 e. The number of benzene rings is 1. The Morgan fingerprint density at radius 3 is 1.59 bits per heavy atom. The van der Waals surface area contributed by atoms with Crippen LogP contribution < -0.4 is 4.74 Å². The molecule has 3 aromatic heterocycles. The molecule has 0 aliphatic heterocycles. The number of rotatable bonds is 11. The van der Waals surface area contributed by atoms with Gasteiger partial charge in [-0.1, -0.05) is 12.1 Å². The minimum Gasteiger partial charge on any atom is -0.437 e. The van der Waals surface area contributed by atoms with Gasteiger partial charge in [0, 0.05) is 12.4 Å². The smallest absolute Gasteiger partial charge is 0.298 e. The molecule has 9 nitrogen and oxygen atoms in total. The fourth-order valence-electron chi connectivity index (χ4n) is 3.42. The van der Waals surface area contributed by atoms with Gasteiger partial charge < -0.3 is 14.2 Å². The first-order valence-corrected chi connectivity index (χ1v) is 10.9. The molecule has 0 fully saturated rings. The second-order valence-electron chi connectivity index (χ2n) is 7.38. The molecule has 37 heavy (non-hydrogen) atoms. The van der Waals surface area contributed by atoms with E-state index in [-0.39, 0.29) is 0 Å². The van der Waals surface area contributed by atoms with Gasteiger partial charge in [-0.2, -0.15) is 0 Å². The Kier molecular flexibility index (Phi) is 8.22. The highest BCUT2D eigenvalue weighted by Crippen LogP contribution is 2.30. The molecule has 0 radical (unpaired) electrons. The van der Waals surface area contributed by atoms with Crippen LogP contribution in [0.15, 0.2) is 85.6 Å². The molecule has 9 heteroatoms. The molecule has 3 heterocycles. The maximum absolute atomic E-state index is 10.6. The lowest BCUT2D eigenvalue weighted by atomic mass is 10.0. The van der Waals surface area contributed by atoms with E-state index in [0.29, 0.717) is 47.9 Å². The first kappa shape index (κ1) is 24.7. The molecule has 0 aliphatic rings. The van der Waals surface area contributed by atoms with Crippen LogP contribution in [-0.4, -0.2) is 34.4 Å². The van der Waals surface area contributed by atoms with Crippen molar-refractivity contribution in [2.45, 2.75) is 0 Å². The van der Waals surface area contributed by atoms with E-state index in [1.165, 1.54) is 12.5 Å². The number of ether oxygens (including phenoxy) is 3. The van der Waals surface area contributed by atoms with E-state index in [0.717, 1.165) is 22.3 Å². The number of pyridine rings is 3. The van der Waals surface area contributed by atoms with Crippen molar-refractivity contribution < 1.29 is 28.6 Å². The minimum absolute atomic E-state index is 0.336. The first-order chi connectivity index (χ1) is 18.2. The zero-order valence-electron chi connectivity index (χ0n) is 19.3. The van der Waals surface area contributed by atoms with E-state index >= 15 is 0 Å². The Bertz CT molecular complexity index is 1380. The summed E-state index contributed by atoms with van der Waals surface area (Å²) in [4.78, 5) is 45.2. The zero-order valence-corrected chi connectivity index (χ0v) is 19.3. The van der Waals surface area contributed by atoms with Crippen LogP contribution in [0, 0.1) is 0 Å².